The van der Waals surface area contributed by atoms with E-state index in [1.54, 1.807) is 43.4 Å². The van der Waals surface area contributed by atoms with E-state index in [1.807, 2.05) is 19.1 Å². The number of aryl methyl sites for hydroxylation is 1. The lowest BCUT2D eigenvalue weighted by Crippen LogP contribution is -2.37. The van der Waals surface area contributed by atoms with E-state index in [9.17, 15) is 9.59 Å². The van der Waals surface area contributed by atoms with Crippen LogP contribution in [0.5, 0.6) is 0 Å². The smallest absolute Gasteiger partial charge is 0.316 e. The number of nitrogens with two attached hydrogens (primary N) is 1. The Labute approximate surface area is 123 Å². The second-order valence-corrected chi connectivity index (χ2v) is 4.74. The largest absolute Gasteiger partial charge is 0.397 e. The summed E-state index contributed by atoms with van der Waals surface area (Å²) in [5.74, 6) is -1.38. The Kier molecular flexibility index (Phi) is 4.23. The lowest BCUT2D eigenvalue weighted by molar-refractivity contribution is -0.134. The molecule has 0 aliphatic carbocycles. The van der Waals surface area contributed by atoms with Crippen molar-refractivity contribution >= 4 is 28.9 Å². The van der Waals surface area contributed by atoms with Crippen molar-refractivity contribution in [3.63, 3.8) is 0 Å². The summed E-state index contributed by atoms with van der Waals surface area (Å²) in [5, 5.41) is 2.53. The summed E-state index contributed by atoms with van der Waals surface area (Å²) in [6, 6.07) is 14.2. The number of nitrogen functional groups attached to an aromatic ring is 1. The van der Waals surface area contributed by atoms with Crippen molar-refractivity contribution in [1.29, 1.82) is 0 Å². The van der Waals surface area contributed by atoms with Gasteiger partial charge < -0.3 is 16.0 Å². The van der Waals surface area contributed by atoms with Crippen molar-refractivity contribution in [2.45, 2.75) is 6.92 Å². The first-order valence-electron chi connectivity index (χ1n) is 6.49. The second kappa shape index (κ2) is 6.09. The minimum Gasteiger partial charge on any atom is -0.397 e. The quantitative estimate of drug-likeness (QED) is 0.655. The molecule has 0 aromatic heterocycles. The zero-order valence-electron chi connectivity index (χ0n) is 12.0. The molecule has 0 heterocycles. The third kappa shape index (κ3) is 3.39. The number of hydrogen-bond donors (Lipinski definition) is 2. The van der Waals surface area contributed by atoms with E-state index in [0.29, 0.717) is 17.1 Å². The lowest BCUT2D eigenvalue weighted by atomic mass is 10.2. The van der Waals surface area contributed by atoms with E-state index in [-0.39, 0.29) is 0 Å². The van der Waals surface area contributed by atoms with Gasteiger partial charge >= 0.3 is 11.8 Å². The minimum atomic E-state index is -0.725. The van der Waals surface area contributed by atoms with Crippen LogP contribution in [0.2, 0.25) is 0 Å². The van der Waals surface area contributed by atoms with E-state index < -0.39 is 11.8 Å². The predicted molar refractivity (Wildman–Crippen MR) is 84.1 cm³/mol. The van der Waals surface area contributed by atoms with Crippen molar-refractivity contribution < 1.29 is 9.59 Å². The fourth-order valence-corrected chi connectivity index (χ4v) is 1.89. The number of anilines is 3. The zero-order chi connectivity index (χ0) is 15.4. The average molecular weight is 283 g/mol. The number of nitrogens with zero attached hydrogens (tertiary/aromatic N) is 1. The number of hydrogen-bond acceptors (Lipinski definition) is 3. The highest BCUT2D eigenvalue weighted by Gasteiger charge is 2.20. The zero-order valence-corrected chi connectivity index (χ0v) is 12.0. The van der Waals surface area contributed by atoms with E-state index in [2.05, 4.69) is 5.32 Å². The molecule has 2 aromatic carbocycles. The van der Waals surface area contributed by atoms with Crippen molar-refractivity contribution in [2.24, 2.45) is 0 Å². The fraction of sp³-hybridized carbons (Fsp3) is 0.125. The molecule has 0 aliphatic rings. The van der Waals surface area contributed by atoms with Crippen LogP contribution in [0.4, 0.5) is 17.1 Å². The molecule has 0 unspecified atom stereocenters. The van der Waals surface area contributed by atoms with Crippen LogP contribution < -0.4 is 16.0 Å². The lowest BCUT2D eigenvalue weighted by Gasteiger charge is -2.17. The Balaban J connectivity index is 2.11. The molecule has 0 saturated carbocycles. The topological polar surface area (TPSA) is 75.4 Å². The van der Waals surface area contributed by atoms with Crippen LogP contribution in [0.25, 0.3) is 0 Å². The van der Waals surface area contributed by atoms with E-state index in [1.165, 1.54) is 4.90 Å². The summed E-state index contributed by atoms with van der Waals surface area (Å²) in [4.78, 5) is 25.4. The SMILES string of the molecule is Cc1ccc(NC(=O)C(=O)N(C)c2ccccc2)c(N)c1. The molecule has 0 spiro atoms. The van der Waals surface area contributed by atoms with Crippen LogP contribution in [0.1, 0.15) is 5.56 Å². The Bertz CT molecular complexity index is 668. The first-order valence-corrected chi connectivity index (χ1v) is 6.49. The van der Waals surface area contributed by atoms with Gasteiger partial charge in [-0.05, 0) is 36.8 Å². The van der Waals surface area contributed by atoms with E-state index >= 15 is 0 Å². The normalized spacial score (nSPS) is 10.0. The molecule has 0 fully saturated rings. The number of amides is 2. The van der Waals surface area contributed by atoms with Crippen molar-refractivity contribution in [1.82, 2.24) is 0 Å². The second-order valence-electron chi connectivity index (χ2n) is 4.74. The highest BCUT2D eigenvalue weighted by Crippen LogP contribution is 2.19. The van der Waals surface area contributed by atoms with Gasteiger partial charge in [-0.1, -0.05) is 24.3 Å². The predicted octanol–water partition coefficient (Wildman–Crippen LogP) is 2.18. The third-order valence-electron chi connectivity index (χ3n) is 3.10. The Morgan fingerprint density at radius 2 is 1.76 bits per heavy atom. The maximum absolute atomic E-state index is 12.1. The molecule has 0 radical (unpaired) electrons. The summed E-state index contributed by atoms with van der Waals surface area (Å²) in [5.41, 5.74) is 8.31. The van der Waals surface area contributed by atoms with Crippen molar-refractivity contribution in [3.05, 3.63) is 54.1 Å². The molecular weight excluding hydrogens is 266 g/mol. The molecular formula is C16H17N3O2. The number of carbonyl (C=O) groups is 2. The third-order valence-corrected chi connectivity index (χ3v) is 3.10. The van der Waals surface area contributed by atoms with Crippen molar-refractivity contribution in [3.8, 4) is 0 Å². The molecule has 3 N–H and O–H groups in total. The standard InChI is InChI=1S/C16H17N3O2/c1-11-8-9-14(13(17)10-11)18-15(20)16(21)19(2)12-6-4-3-5-7-12/h3-10H,17H2,1-2H3,(H,18,20). The Morgan fingerprint density at radius 1 is 1.10 bits per heavy atom. The maximum Gasteiger partial charge on any atom is 0.316 e. The number of nitrogens with one attached hydrogen (secondary N) is 1. The van der Waals surface area contributed by atoms with Gasteiger partial charge in [-0.15, -0.1) is 0 Å². The molecule has 5 heteroatoms. The molecule has 2 amide bonds. The van der Waals surface area contributed by atoms with Crippen LogP contribution in [0, 0.1) is 6.92 Å². The van der Waals surface area contributed by atoms with Gasteiger partial charge in [0.1, 0.15) is 0 Å². The van der Waals surface area contributed by atoms with Crippen LogP contribution in [-0.2, 0) is 9.59 Å². The summed E-state index contributed by atoms with van der Waals surface area (Å²) >= 11 is 0. The molecule has 0 atom stereocenters. The molecule has 0 saturated heterocycles. The van der Waals surface area contributed by atoms with Gasteiger partial charge in [0.05, 0.1) is 11.4 Å². The molecule has 108 valence electrons. The Hall–Kier alpha value is -2.82. The summed E-state index contributed by atoms with van der Waals surface area (Å²) in [6.07, 6.45) is 0. The number of carbonyl (C=O) groups excluding carboxylic acids is 2. The molecule has 5 nitrogen and oxygen atoms in total. The molecule has 21 heavy (non-hydrogen) atoms. The van der Waals surface area contributed by atoms with Gasteiger partial charge in [-0.3, -0.25) is 9.59 Å². The van der Waals surface area contributed by atoms with Crippen LogP contribution in [0.15, 0.2) is 48.5 Å². The summed E-state index contributed by atoms with van der Waals surface area (Å²) < 4.78 is 0. The van der Waals surface area contributed by atoms with Gasteiger partial charge in [0.15, 0.2) is 0 Å². The monoisotopic (exact) mass is 283 g/mol. The molecule has 0 aliphatic heterocycles. The van der Waals surface area contributed by atoms with Gasteiger partial charge in [0, 0.05) is 12.7 Å². The Morgan fingerprint density at radius 3 is 2.38 bits per heavy atom. The number of benzene rings is 2. The van der Waals surface area contributed by atoms with Gasteiger partial charge in [0.2, 0.25) is 0 Å². The number of para-hydroxylation sites is 1. The van der Waals surface area contributed by atoms with Crippen molar-refractivity contribution in [2.75, 3.05) is 23.0 Å². The molecule has 0 bridgehead atoms. The van der Waals surface area contributed by atoms with Crippen LogP contribution in [0.3, 0.4) is 0 Å². The molecule has 2 rings (SSSR count). The fourth-order valence-electron chi connectivity index (χ4n) is 1.89. The highest BCUT2D eigenvalue weighted by molar-refractivity contribution is 6.44. The highest BCUT2D eigenvalue weighted by atomic mass is 16.2. The van der Waals surface area contributed by atoms with Crippen LogP contribution >= 0.6 is 0 Å². The average Bonchev–Trinajstić information content (AvgIpc) is 2.49. The first kappa shape index (κ1) is 14.6. The first-order chi connectivity index (χ1) is 9.99. The van der Waals surface area contributed by atoms with Gasteiger partial charge in [-0.25, -0.2) is 0 Å². The van der Waals surface area contributed by atoms with Gasteiger partial charge in [0.25, 0.3) is 0 Å². The summed E-state index contributed by atoms with van der Waals surface area (Å²) in [7, 11) is 1.55. The van der Waals surface area contributed by atoms with Gasteiger partial charge in [-0.2, -0.15) is 0 Å². The molecule has 2 aromatic rings. The number of rotatable bonds is 2. The van der Waals surface area contributed by atoms with E-state index in [0.717, 1.165) is 5.56 Å². The number of likely N-dealkylation sites (N-methyl/N-ethyl adjacent to an activating group) is 1. The van der Waals surface area contributed by atoms with Crippen LogP contribution in [-0.4, -0.2) is 18.9 Å². The van der Waals surface area contributed by atoms with E-state index in [4.69, 9.17) is 5.73 Å². The summed E-state index contributed by atoms with van der Waals surface area (Å²) in [6.45, 7) is 1.90. The maximum atomic E-state index is 12.1. The minimum absolute atomic E-state index is 0.429.